The quantitative estimate of drug-likeness (QED) is 0.559. The zero-order valence-corrected chi connectivity index (χ0v) is 18.8. The molecule has 1 aromatic rings. The number of benzene rings is 1. The summed E-state index contributed by atoms with van der Waals surface area (Å²) < 4.78 is 5.60. The Labute approximate surface area is 190 Å². The zero-order chi connectivity index (χ0) is 19.6. The van der Waals surface area contributed by atoms with Gasteiger partial charge in [-0.1, -0.05) is 19.1 Å². The Kier molecular flexibility index (Phi) is 11.7. The van der Waals surface area contributed by atoms with Crippen LogP contribution in [-0.4, -0.2) is 31.1 Å². The van der Waals surface area contributed by atoms with Gasteiger partial charge in [0.15, 0.2) is 0 Å². The van der Waals surface area contributed by atoms with Gasteiger partial charge in [-0.2, -0.15) is 0 Å². The average Bonchev–Trinajstić information content (AvgIpc) is 3.47. The predicted octanol–water partition coefficient (Wildman–Crippen LogP) is 5.08. The van der Waals surface area contributed by atoms with Gasteiger partial charge in [-0.15, -0.1) is 0 Å². The van der Waals surface area contributed by atoms with Crippen molar-refractivity contribution in [2.24, 2.45) is 0 Å². The van der Waals surface area contributed by atoms with Gasteiger partial charge < -0.3 is 9.64 Å². The van der Waals surface area contributed by atoms with Crippen molar-refractivity contribution >= 4 is 0 Å². The minimum Gasteiger partial charge on any atom is -0.496 e. The molecule has 4 rings (SSSR count). The fraction of sp³-hybridized carbons (Fsp3) is 0.385. The van der Waals surface area contributed by atoms with E-state index in [1.807, 2.05) is 32.1 Å². The van der Waals surface area contributed by atoms with E-state index in [1.165, 1.54) is 42.9 Å². The van der Waals surface area contributed by atoms with E-state index >= 15 is 0 Å². The molecule has 2 saturated carbocycles. The smallest absolute Gasteiger partial charge is 0.496 e. The van der Waals surface area contributed by atoms with Crippen LogP contribution >= 0.6 is 0 Å². The van der Waals surface area contributed by atoms with Gasteiger partial charge in [0.1, 0.15) is 5.75 Å². The first-order valence-electron chi connectivity index (χ1n) is 10.6. The number of aryl methyl sites for hydroxylation is 1. The van der Waals surface area contributed by atoms with Crippen LogP contribution in [0.25, 0.3) is 0 Å². The normalized spacial score (nSPS) is 21.3. The van der Waals surface area contributed by atoms with E-state index < -0.39 is 0 Å². The van der Waals surface area contributed by atoms with Gasteiger partial charge in [0.05, 0.1) is 7.11 Å². The topological polar surface area (TPSA) is 12.5 Å². The summed E-state index contributed by atoms with van der Waals surface area (Å²) in [4.78, 5) is 2.70. The van der Waals surface area contributed by atoms with E-state index in [1.54, 1.807) is 7.11 Å². The second-order valence-corrected chi connectivity index (χ2v) is 7.54. The molecule has 0 heterocycles. The van der Waals surface area contributed by atoms with Crippen molar-refractivity contribution in [3.63, 3.8) is 0 Å². The monoisotopic (exact) mass is 431 g/mol. The number of rotatable bonds is 7. The summed E-state index contributed by atoms with van der Waals surface area (Å²) in [6.45, 7) is 4.63. The predicted molar refractivity (Wildman–Crippen MR) is 117 cm³/mol. The van der Waals surface area contributed by atoms with Crippen LogP contribution in [-0.2, 0) is 29.9 Å². The Morgan fingerprint density at radius 2 is 1.66 bits per heavy atom. The van der Waals surface area contributed by atoms with Gasteiger partial charge in [-0.05, 0) is 126 Å². The number of ether oxygens (including phenoxy) is 1. The second-order valence-electron chi connectivity index (χ2n) is 7.54. The van der Waals surface area contributed by atoms with Crippen LogP contribution in [0, 0.1) is 63.7 Å². The van der Waals surface area contributed by atoms with Crippen molar-refractivity contribution in [1.29, 1.82) is 0 Å². The molecule has 29 heavy (non-hydrogen) atoms. The molecule has 2 fully saturated rings. The Balaban J connectivity index is 0.000000437. The zero-order valence-electron chi connectivity index (χ0n) is 17.7. The number of hydrogen-bond acceptors (Lipinski definition) is 2. The number of fused-ring (bicyclic) bond motifs is 1. The van der Waals surface area contributed by atoms with Crippen molar-refractivity contribution in [1.82, 2.24) is 4.90 Å². The standard InChI is InChI=1S/C21H28NO.C5H5.Fe/c1-3-14-22(15-13-17-7-4-5-8-17)19-12-11-18-9-6-10-21(23-2)20(18)16-19;1-2-4-5-3-1;/h4-10,19H,3,11-16H2,1-2H3;1-5H;/q;;+2. The van der Waals surface area contributed by atoms with Crippen molar-refractivity contribution in [3.8, 4) is 5.75 Å². The van der Waals surface area contributed by atoms with Gasteiger partial charge in [-0.3, -0.25) is 0 Å². The molecule has 1 aromatic carbocycles. The molecule has 0 amide bonds. The molecule has 154 valence electrons. The fourth-order valence-electron chi connectivity index (χ4n) is 4.18. The summed E-state index contributed by atoms with van der Waals surface area (Å²) in [7, 11) is 1.79. The van der Waals surface area contributed by atoms with Gasteiger partial charge >= 0.3 is 17.1 Å². The van der Waals surface area contributed by atoms with Gasteiger partial charge in [0.25, 0.3) is 0 Å². The molecule has 10 radical (unpaired) electrons. The summed E-state index contributed by atoms with van der Waals surface area (Å²) >= 11 is 0. The van der Waals surface area contributed by atoms with Gasteiger partial charge in [0.2, 0.25) is 0 Å². The molecule has 3 aliphatic rings. The molecule has 0 N–H and O–H groups in total. The fourth-order valence-corrected chi connectivity index (χ4v) is 4.18. The molecular weight excluding hydrogens is 398 g/mol. The Bertz CT molecular complexity index is 544. The molecule has 3 aliphatic carbocycles. The second kappa shape index (κ2) is 13.7. The number of nitrogens with zero attached hydrogens (tertiary/aromatic N) is 1. The summed E-state index contributed by atoms with van der Waals surface area (Å²) in [5, 5.41) is 0. The van der Waals surface area contributed by atoms with E-state index in [-0.39, 0.29) is 17.1 Å². The molecule has 3 heteroatoms. The molecule has 0 aromatic heterocycles. The molecule has 0 bridgehead atoms. The van der Waals surface area contributed by atoms with Crippen molar-refractivity contribution in [2.45, 2.75) is 45.1 Å². The Morgan fingerprint density at radius 1 is 0.966 bits per heavy atom. The molecular formula is C26H33FeNO+2. The minimum absolute atomic E-state index is 0. The van der Waals surface area contributed by atoms with Crippen LogP contribution in [0.2, 0.25) is 0 Å². The molecule has 2 nitrogen and oxygen atoms in total. The third kappa shape index (κ3) is 7.60. The summed E-state index contributed by atoms with van der Waals surface area (Å²) in [5.74, 6) is 2.53. The van der Waals surface area contributed by atoms with Crippen LogP contribution in [0.5, 0.6) is 5.75 Å². The third-order valence-corrected chi connectivity index (χ3v) is 5.64. The molecule has 0 aliphatic heterocycles. The maximum atomic E-state index is 5.60. The molecule has 0 spiro atoms. The van der Waals surface area contributed by atoms with Gasteiger partial charge in [0, 0.05) is 6.04 Å². The number of hydrogen-bond donors (Lipinski definition) is 0. The van der Waals surface area contributed by atoms with Crippen LogP contribution in [0.1, 0.15) is 37.3 Å². The van der Waals surface area contributed by atoms with Crippen LogP contribution in [0.4, 0.5) is 0 Å². The van der Waals surface area contributed by atoms with E-state index in [2.05, 4.69) is 55.7 Å². The Morgan fingerprint density at radius 3 is 2.28 bits per heavy atom. The van der Waals surface area contributed by atoms with Crippen molar-refractivity contribution in [2.75, 3.05) is 20.2 Å². The molecule has 1 atom stereocenters. The summed E-state index contributed by atoms with van der Waals surface area (Å²) in [6, 6.07) is 7.14. The summed E-state index contributed by atoms with van der Waals surface area (Å²) in [6.07, 6.45) is 24.7. The van der Waals surface area contributed by atoms with E-state index in [0.717, 1.165) is 25.1 Å². The van der Waals surface area contributed by atoms with Crippen LogP contribution < -0.4 is 4.74 Å². The van der Waals surface area contributed by atoms with Gasteiger partial charge in [-0.25, -0.2) is 0 Å². The van der Waals surface area contributed by atoms with E-state index in [4.69, 9.17) is 4.74 Å². The van der Waals surface area contributed by atoms with Crippen molar-refractivity contribution in [3.05, 3.63) is 93.0 Å². The molecule has 1 unspecified atom stereocenters. The first kappa shape index (κ1) is 24.8. The maximum absolute atomic E-state index is 5.60. The summed E-state index contributed by atoms with van der Waals surface area (Å²) in [5.41, 5.74) is 2.91. The van der Waals surface area contributed by atoms with Crippen LogP contribution in [0.15, 0.2) is 18.2 Å². The SMILES string of the molecule is CCCN(CC[C]1[CH][CH][CH][CH]1)C1CCc2cccc(OC)c2C1.[CH]1[CH][CH][CH][CH]1.[Fe+2]. The van der Waals surface area contributed by atoms with E-state index in [9.17, 15) is 0 Å². The van der Waals surface area contributed by atoms with Crippen molar-refractivity contribution < 1.29 is 21.8 Å². The van der Waals surface area contributed by atoms with Crippen LogP contribution in [0.3, 0.4) is 0 Å². The maximum Gasteiger partial charge on any atom is 2.00 e. The largest absolute Gasteiger partial charge is 2.00 e. The average molecular weight is 431 g/mol. The minimum atomic E-state index is 0. The third-order valence-electron chi connectivity index (χ3n) is 5.64. The molecule has 0 saturated heterocycles. The van der Waals surface area contributed by atoms with E-state index in [0.29, 0.717) is 6.04 Å². The Hall–Kier alpha value is -0.501. The number of methoxy groups -OCH3 is 1. The first-order chi connectivity index (χ1) is 13.8. The first-order valence-corrected chi connectivity index (χ1v) is 10.6.